The molecule has 1 heterocycles. The molecule has 2 fully saturated rings. The fourth-order valence-corrected chi connectivity index (χ4v) is 3.82. The molecule has 4 heteroatoms. The molecule has 106 valence electrons. The average Bonchev–Trinajstić information content (AvgIpc) is 2.93. The number of nitrogens with one attached hydrogen (secondary N) is 1. The summed E-state index contributed by atoms with van der Waals surface area (Å²) < 4.78 is 0. The summed E-state index contributed by atoms with van der Waals surface area (Å²) in [4.78, 5) is 5.00. The summed E-state index contributed by atoms with van der Waals surface area (Å²) in [5.41, 5.74) is -0.0237. The lowest BCUT2D eigenvalue weighted by molar-refractivity contribution is 0.154. The Morgan fingerprint density at radius 1 is 1.39 bits per heavy atom. The summed E-state index contributed by atoms with van der Waals surface area (Å²) in [6.07, 6.45) is 3.41. The number of aliphatic hydroxyl groups excluding tert-OH is 1. The lowest BCUT2D eigenvalue weighted by atomic mass is 9.99. The Kier molecular flexibility index (Phi) is 4.32. The largest absolute Gasteiger partial charge is 0.394 e. The maximum absolute atomic E-state index is 9.58. The molecule has 0 aromatic rings. The van der Waals surface area contributed by atoms with Gasteiger partial charge in [-0.3, -0.25) is 4.90 Å². The lowest BCUT2D eigenvalue weighted by Gasteiger charge is -2.29. The van der Waals surface area contributed by atoms with Crippen LogP contribution in [0.3, 0.4) is 0 Å². The van der Waals surface area contributed by atoms with Crippen molar-refractivity contribution < 1.29 is 5.11 Å². The number of hydrogen-bond acceptors (Lipinski definition) is 4. The Bertz CT molecular complexity index is 278. The van der Waals surface area contributed by atoms with Crippen molar-refractivity contribution >= 4 is 0 Å². The Hall–Kier alpha value is -0.160. The van der Waals surface area contributed by atoms with Gasteiger partial charge in [0.15, 0.2) is 0 Å². The molecule has 2 aliphatic rings. The van der Waals surface area contributed by atoms with Crippen LogP contribution in [0, 0.1) is 5.92 Å². The SMILES string of the molecule is CNC1(CO)CCC(N2CC(C)C(N(C)C)C2)C1. The first-order valence-electron chi connectivity index (χ1n) is 7.21. The quantitative estimate of drug-likeness (QED) is 0.761. The van der Waals surface area contributed by atoms with E-state index in [2.05, 4.69) is 36.1 Å². The van der Waals surface area contributed by atoms with Gasteiger partial charge in [-0.05, 0) is 46.3 Å². The van der Waals surface area contributed by atoms with Gasteiger partial charge in [0.05, 0.1) is 6.61 Å². The number of aliphatic hydroxyl groups is 1. The highest BCUT2D eigenvalue weighted by Gasteiger charge is 2.43. The van der Waals surface area contributed by atoms with Gasteiger partial charge in [0.1, 0.15) is 0 Å². The first-order chi connectivity index (χ1) is 8.51. The summed E-state index contributed by atoms with van der Waals surface area (Å²) in [6, 6.07) is 1.33. The van der Waals surface area contributed by atoms with E-state index < -0.39 is 0 Å². The maximum atomic E-state index is 9.58. The zero-order valence-corrected chi connectivity index (χ0v) is 12.3. The van der Waals surface area contributed by atoms with Crippen LogP contribution in [-0.2, 0) is 0 Å². The molecule has 0 aromatic carbocycles. The Morgan fingerprint density at radius 2 is 2.11 bits per heavy atom. The maximum Gasteiger partial charge on any atom is 0.0613 e. The number of hydrogen-bond donors (Lipinski definition) is 2. The topological polar surface area (TPSA) is 38.7 Å². The van der Waals surface area contributed by atoms with Gasteiger partial charge < -0.3 is 15.3 Å². The van der Waals surface area contributed by atoms with Gasteiger partial charge in [-0.2, -0.15) is 0 Å². The van der Waals surface area contributed by atoms with E-state index in [4.69, 9.17) is 0 Å². The molecule has 2 N–H and O–H groups in total. The highest BCUT2D eigenvalue weighted by atomic mass is 16.3. The molecule has 0 spiro atoms. The third-order valence-corrected chi connectivity index (χ3v) is 5.20. The highest BCUT2D eigenvalue weighted by Crippen LogP contribution is 2.35. The molecule has 1 aliphatic carbocycles. The van der Waals surface area contributed by atoms with Crippen molar-refractivity contribution in [2.45, 2.75) is 43.8 Å². The van der Waals surface area contributed by atoms with Crippen LogP contribution in [0.25, 0.3) is 0 Å². The van der Waals surface area contributed by atoms with Gasteiger partial charge in [0.25, 0.3) is 0 Å². The van der Waals surface area contributed by atoms with Crippen molar-refractivity contribution in [3.05, 3.63) is 0 Å². The van der Waals surface area contributed by atoms with E-state index in [0.29, 0.717) is 12.1 Å². The van der Waals surface area contributed by atoms with E-state index in [9.17, 15) is 5.11 Å². The zero-order chi connectivity index (χ0) is 13.3. The third-order valence-electron chi connectivity index (χ3n) is 5.20. The minimum absolute atomic E-state index is 0.0237. The van der Waals surface area contributed by atoms with E-state index >= 15 is 0 Å². The van der Waals surface area contributed by atoms with Crippen molar-refractivity contribution in [2.75, 3.05) is 40.8 Å². The molecule has 4 unspecified atom stereocenters. The van der Waals surface area contributed by atoms with Crippen molar-refractivity contribution in [1.82, 2.24) is 15.1 Å². The fraction of sp³-hybridized carbons (Fsp3) is 1.00. The summed E-state index contributed by atoms with van der Waals surface area (Å²) >= 11 is 0. The highest BCUT2D eigenvalue weighted by molar-refractivity contribution is 5.01. The van der Waals surface area contributed by atoms with E-state index in [1.54, 1.807) is 0 Å². The van der Waals surface area contributed by atoms with E-state index in [1.807, 2.05) is 7.05 Å². The second kappa shape index (κ2) is 5.45. The van der Waals surface area contributed by atoms with Crippen molar-refractivity contribution in [2.24, 2.45) is 5.92 Å². The van der Waals surface area contributed by atoms with Crippen LogP contribution in [0.5, 0.6) is 0 Å². The van der Waals surface area contributed by atoms with Crippen LogP contribution in [0.4, 0.5) is 0 Å². The van der Waals surface area contributed by atoms with Gasteiger partial charge in [-0.15, -0.1) is 0 Å². The third kappa shape index (κ3) is 2.57. The number of likely N-dealkylation sites (tertiary alicyclic amines) is 1. The van der Waals surface area contributed by atoms with Gasteiger partial charge in [-0.25, -0.2) is 0 Å². The van der Waals surface area contributed by atoms with Gasteiger partial charge in [-0.1, -0.05) is 6.92 Å². The Balaban J connectivity index is 1.95. The van der Waals surface area contributed by atoms with E-state index in [1.165, 1.54) is 19.5 Å². The molecule has 1 saturated carbocycles. The first-order valence-corrected chi connectivity index (χ1v) is 7.21. The minimum Gasteiger partial charge on any atom is -0.394 e. The van der Waals surface area contributed by atoms with E-state index in [-0.39, 0.29) is 12.1 Å². The molecule has 1 aliphatic heterocycles. The molecule has 0 bridgehead atoms. The van der Waals surface area contributed by atoms with Crippen LogP contribution < -0.4 is 5.32 Å². The fourth-order valence-electron chi connectivity index (χ4n) is 3.82. The van der Waals surface area contributed by atoms with Crippen molar-refractivity contribution in [3.63, 3.8) is 0 Å². The van der Waals surface area contributed by atoms with Crippen LogP contribution >= 0.6 is 0 Å². The first kappa shape index (κ1) is 14.3. The molecule has 0 aromatic heterocycles. The number of likely N-dealkylation sites (N-methyl/N-ethyl adjacent to an activating group) is 2. The van der Waals surface area contributed by atoms with Crippen LogP contribution in [0.1, 0.15) is 26.2 Å². The van der Waals surface area contributed by atoms with Gasteiger partial charge >= 0.3 is 0 Å². The standard InChI is InChI=1S/C14H29N3O/c1-11-8-17(9-13(11)16(3)4)12-5-6-14(7-12,10-18)15-2/h11-13,15,18H,5-10H2,1-4H3. The molecule has 0 radical (unpaired) electrons. The van der Waals surface area contributed by atoms with Gasteiger partial charge in [0.2, 0.25) is 0 Å². The van der Waals surface area contributed by atoms with Crippen molar-refractivity contribution in [1.29, 1.82) is 0 Å². The molecule has 0 amide bonds. The smallest absolute Gasteiger partial charge is 0.0613 e. The summed E-state index contributed by atoms with van der Waals surface area (Å²) in [7, 11) is 6.35. The number of nitrogens with zero attached hydrogens (tertiary/aromatic N) is 2. The normalized spacial score (nSPS) is 42.0. The molecular formula is C14H29N3O. The summed E-state index contributed by atoms with van der Waals surface area (Å²) in [6.45, 7) is 5.01. The zero-order valence-electron chi connectivity index (χ0n) is 12.3. The molecule has 18 heavy (non-hydrogen) atoms. The van der Waals surface area contributed by atoms with E-state index in [0.717, 1.165) is 18.8 Å². The molecular weight excluding hydrogens is 226 g/mol. The number of rotatable bonds is 4. The van der Waals surface area contributed by atoms with Gasteiger partial charge in [0, 0.05) is 30.7 Å². The Labute approximate surface area is 111 Å². The summed E-state index contributed by atoms with van der Waals surface area (Å²) in [5.74, 6) is 0.749. The monoisotopic (exact) mass is 255 g/mol. The predicted octanol–water partition coefficient (Wildman–Crippen LogP) is 0.371. The summed E-state index contributed by atoms with van der Waals surface area (Å²) in [5, 5.41) is 12.9. The molecule has 4 atom stereocenters. The lowest BCUT2D eigenvalue weighted by Crippen LogP contribution is -2.46. The molecule has 1 saturated heterocycles. The second-order valence-electron chi connectivity index (χ2n) is 6.55. The minimum atomic E-state index is -0.0237. The van der Waals surface area contributed by atoms with Crippen LogP contribution in [0.15, 0.2) is 0 Å². The predicted molar refractivity (Wildman–Crippen MR) is 74.7 cm³/mol. The second-order valence-corrected chi connectivity index (χ2v) is 6.55. The Morgan fingerprint density at radius 3 is 2.56 bits per heavy atom. The molecule has 2 rings (SSSR count). The van der Waals surface area contributed by atoms with Crippen LogP contribution in [0.2, 0.25) is 0 Å². The molecule has 4 nitrogen and oxygen atoms in total. The van der Waals surface area contributed by atoms with Crippen LogP contribution in [-0.4, -0.2) is 73.4 Å². The van der Waals surface area contributed by atoms with Crippen molar-refractivity contribution in [3.8, 4) is 0 Å². The average molecular weight is 255 g/mol.